The summed E-state index contributed by atoms with van der Waals surface area (Å²) < 4.78 is 5.52. The van der Waals surface area contributed by atoms with E-state index in [1.54, 1.807) is 36.2 Å². The Balaban J connectivity index is 2.79. The van der Waals surface area contributed by atoms with Crippen molar-refractivity contribution in [3.63, 3.8) is 0 Å². The van der Waals surface area contributed by atoms with E-state index < -0.39 is 0 Å². The second-order valence-corrected chi connectivity index (χ2v) is 5.39. The van der Waals surface area contributed by atoms with Crippen LogP contribution in [0, 0.1) is 0 Å². The predicted molar refractivity (Wildman–Crippen MR) is 81.6 cm³/mol. The molecule has 0 radical (unpaired) electrons. The maximum Gasteiger partial charge on any atom is 0.260 e. The van der Waals surface area contributed by atoms with Gasteiger partial charge in [-0.1, -0.05) is 24.2 Å². The number of amidine groups is 1. The number of hydrogen-bond donors (Lipinski definition) is 2. The van der Waals surface area contributed by atoms with Gasteiger partial charge in [0, 0.05) is 12.6 Å². The molecular formula is C15H23N3O3. The molecule has 1 aromatic rings. The van der Waals surface area contributed by atoms with Crippen LogP contribution in [0.1, 0.15) is 32.8 Å². The van der Waals surface area contributed by atoms with Crippen LogP contribution >= 0.6 is 0 Å². The average molecular weight is 293 g/mol. The van der Waals surface area contributed by atoms with Crippen molar-refractivity contribution >= 4 is 11.7 Å². The van der Waals surface area contributed by atoms with Crippen molar-refractivity contribution < 1.29 is 14.7 Å². The first kappa shape index (κ1) is 16.8. The van der Waals surface area contributed by atoms with Crippen LogP contribution in [0.4, 0.5) is 0 Å². The lowest BCUT2D eigenvalue weighted by atomic mass is 10.00. The van der Waals surface area contributed by atoms with Crippen LogP contribution < -0.4 is 10.5 Å². The van der Waals surface area contributed by atoms with E-state index in [1.807, 2.05) is 20.8 Å². The Morgan fingerprint density at radius 3 is 2.62 bits per heavy atom. The maximum atomic E-state index is 12.2. The van der Waals surface area contributed by atoms with Crippen molar-refractivity contribution in [1.82, 2.24) is 4.90 Å². The topological polar surface area (TPSA) is 88.2 Å². The van der Waals surface area contributed by atoms with E-state index in [9.17, 15) is 4.79 Å². The molecule has 6 heteroatoms. The van der Waals surface area contributed by atoms with Gasteiger partial charge in [-0.2, -0.15) is 0 Å². The number of likely N-dealkylation sites (N-methyl/N-ethyl adjacent to an activating group) is 1. The molecule has 0 aromatic heterocycles. The Kier molecular flexibility index (Phi) is 5.58. The number of carbonyl (C=O) groups excluding carboxylic acids is 1. The molecule has 0 fully saturated rings. The number of nitrogens with two attached hydrogens (primary N) is 1. The maximum absolute atomic E-state index is 12.2. The lowest BCUT2D eigenvalue weighted by Gasteiger charge is -2.34. The van der Waals surface area contributed by atoms with Gasteiger partial charge in [0.05, 0.1) is 5.56 Å². The highest BCUT2D eigenvalue weighted by molar-refractivity contribution is 5.99. The molecule has 0 bridgehead atoms. The van der Waals surface area contributed by atoms with E-state index in [0.29, 0.717) is 11.3 Å². The van der Waals surface area contributed by atoms with Gasteiger partial charge in [0.1, 0.15) is 5.75 Å². The summed E-state index contributed by atoms with van der Waals surface area (Å²) in [7, 11) is 1.75. The van der Waals surface area contributed by atoms with Gasteiger partial charge in [-0.05, 0) is 32.4 Å². The van der Waals surface area contributed by atoms with Crippen LogP contribution in [0.25, 0.3) is 0 Å². The first-order valence-electron chi connectivity index (χ1n) is 6.80. The number of rotatable bonds is 6. The van der Waals surface area contributed by atoms with Crippen molar-refractivity contribution in [1.29, 1.82) is 0 Å². The minimum Gasteiger partial charge on any atom is -0.483 e. The standard InChI is InChI=1S/C15H23N3O3/c1-5-15(2,3)18(4)13(19)10-21-12-9-7-6-8-11(12)14(16)17-20/h6-9,20H,5,10H2,1-4H3,(H2,16,17). The molecule has 0 heterocycles. The number of benzene rings is 1. The van der Waals surface area contributed by atoms with E-state index in [1.165, 1.54) is 0 Å². The molecule has 1 rings (SSSR count). The zero-order valence-electron chi connectivity index (χ0n) is 13.0. The van der Waals surface area contributed by atoms with Crippen LogP contribution in [0.15, 0.2) is 29.4 Å². The Morgan fingerprint density at radius 2 is 2.05 bits per heavy atom. The molecule has 0 aliphatic carbocycles. The second-order valence-electron chi connectivity index (χ2n) is 5.39. The first-order valence-corrected chi connectivity index (χ1v) is 6.80. The minimum atomic E-state index is -0.231. The summed E-state index contributed by atoms with van der Waals surface area (Å²) in [6, 6.07) is 6.84. The first-order chi connectivity index (χ1) is 9.83. The molecule has 6 nitrogen and oxygen atoms in total. The molecule has 3 N–H and O–H groups in total. The smallest absolute Gasteiger partial charge is 0.260 e. The van der Waals surface area contributed by atoms with Gasteiger partial charge < -0.3 is 20.6 Å². The van der Waals surface area contributed by atoms with E-state index >= 15 is 0 Å². The van der Waals surface area contributed by atoms with Crippen molar-refractivity contribution in [3.8, 4) is 5.75 Å². The van der Waals surface area contributed by atoms with Gasteiger partial charge in [-0.3, -0.25) is 4.79 Å². The summed E-state index contributed by atoms with van der Waals surface area (Å²) >= 11 is 0. The summed E-state index contributed by atoms with van der Waals surface area (Å²) in [5.41, 5.74) is 5.80. The predicted octanol–water partition coefficient (Wildman–Crippen LogP) is 1.81. The van der Waals surface area contributed by atoms with E-state index in [2.05, 4.69) is 5.16 Å². The van der Waals surface area contributed by atoms with Crippen molar-refractivity contribution in [2.24, 2.45) is 10.9 Å². The van der Waals surface area contributed by atoms with Gasteiger partial charge in [0.15, 0.2) is 12.4 Å². The molecule has 0 saturated heterocycles. The number of amides is 1. The molecule has 0 atom stereocenters. The third kappa shape index (κ3) is 4.11. The number of hydrogen-bond acceptors (Lipinski definition) is 4. The average Bonchev–Trinajstić information content (AvgIpc) is 2.51. The lowest BCUT2D eigenvalue weighted by molar-refractivity contribution is -0.136. The van der Waals surface area contributed by atoms with Gasteiger partial charge in [-0.25, -0.2) is 0 Å². The molecule has 0 spiro atoms. The van der Waals surface area contributed by atoms with Crippen LogP contribution in [-0.4, -0.2) is 41.0 Å². The minimum absolute atomic E-state index is 0.0553. The number of ether oxygens (including phenoxy) is 1. The monoisotopic (exact) mass is 293 g/mol. The highest BCUT2D eigenvalue weighted by Crippen LogP contribution is 2.19. The summed E-state index contributed by atoms with van der Waals surface area (Å²) in [6.07, 6.45) is 0.843. The third-order valence-electron chi connectivity index (χ3n) is 3.77. The highest BCUT2D eigenvalue weighted by Gasteiger charge is 2.25. The largest absolute Gasteiger partial charge is 0.483 e. The molecule has 0 aliphatic rings. The van der Waals surface area contributed by atoms with Gasteiger partial charge in [0.25, 0.3) is 5.91 Å². The van der Waals surface area contributed by atoms with Crippen molar-refractivity contribution in [2.45, 2.75) is 32.7 Å². The lowest BCUT2D eigenvalue weighted by Crippen LogP contribution is -2.46. The molecule has 1 amide bonds. The fourth-order valence-electron chi connectivity index (χ4n) is 1.67. The second kappa shape index (κ2) is 6.97. The summed E-state index contributed by atoms with van der Waals surface area (Å²) in [5, 5.41) is 11.7. The number of para-hydroxylation sites is 1. The Labute approximate surface area is 125 Å². The fraction of sp³-hybridized carbons (Fsp3) is 0.467. The highest BCUT2D eigenvalue weighted by atomic mass is 16.5. The zero-order chi connectivity index (χ0) is 16.0. The third-order valence-corrected chi connectivity index (χ3v) is 3.77. The molecule has 116 valence electrons. The molecule has 0 unspecified atom stereocenters. The Morgan fingerprint density at radius 1 is 1.43 bits per heavy atom. The van der Waals surface area contributed by atoms with E-state index in [-0.39, 0.29) is 23.9 Å². The van der Waals surface area contributed by atoms with Crippen molar-refractivity contribution in [3.05, 3.63) is 29.8 Å². The van der Waals surface area contributed by atoms with Gasteiger partial charge in [-0.15, -0.1) is 0 Å². The van der Waals surface area contributed by atoms with Gasteiger partial charge in [0.2, 0.25) is 0 Å². The fourth-order valence-corrected chi connectivity index (χ4v) is 1.67. The van der Waals surface area contributed by atoms with Crippen LogP contribution in [0.5, 0.6) is 5.75 Å². The van der Waals surface area contributed by atoms with Gasteiger partial charge >= 0.3 is 0 Å². The summed E-state index contributed by atoms with van der Waals surface area (Å²) in [5.74, 6) is 0.223. The summed E-state index contributed by atoms with van der Waals surface area (Å²) in [6.45, 7) is 5.92. The van der Waals surface area contributed by atoms with E-state index in [0.717, 1.165) is 6.42 Å². The number of carbonyl (C=O) groups is 1. The summed E-state index contributed by atoms with van der Waals surface area (Å²) in [4.78, 5) is 13.8. The molecular weight excluding hydrogens is 270 g/mol. The van der Waals surface area contributed by atoms with Crippen LogP contribution in [0.2, 0.25) is 0 Å². The normalized spacial score (nSPS) is 12.1. The molecule has 21 heavy (non-hydrogen) atoms. The van der Waals surface area contributed by atoms with Crippen LogP contribution in [-0.2, 0) is 4.79 Å². The molecule has 0 saturated carbocycles. The van der Waals surface area contributed by atoms with Crippen molar-refractivity contribution in [2.75, 3.05) is 13.7 Å². The van der Waals surface area contributed by atoms with E-state index in [4.69, 9.17) is 15.7 Å². The van der Waals surface area contributed by atoms with Crippen LogP contribution in [0.3, 0.4) is 0 Å². The molecule has 0 aliphatic heterocycles. The number of nitrogens with zero attached hydrogens (tertiary/aromatic N) is 2. The quantitative estimate of drug-likeness (QED) is 0.362. The Bertz CT molecular complexity index is 527. The zero-order valence-corrected chi connectivity index (χ0v) is 13.0. The SMILES string of the molecule is CCC(C)(C)N(C)C(=O)COc1ccccc1C(N)=NO. The number of oxime groups is 1. The Hall–Kier alpha value is -2.24. The molecule has 1 aromatic carbocycles.